The van der Waals surface area contributed by atoms with Crippen LogP contribution in [0.3, 0.4) is 0 Å². The summed E-state index contributed by atoms with van der Waals surface area (Å²) in [5, 5.41) is 0. The zero-order valence-electron chi connectivity index (χ0n) is 10.6. The molecule has 2 nitrogen and oxygen atoms in total. The number of likely N-dealkylation sites (N-methyl/N-ethyl adjacent to an activating group) is 1. The Balaban J connectivity index is 2.36. The van der Waals surface area contributed by atoms with Crippen LogP contribution >= 0.6 is 0 Å². The van der Waals surface area contributed by atoms with E-state index in [-0.39, 0.29) is 11.4 Å². The monoisotopic (exact) mass is 236 g/mol. The van der Waals surface area contributed by atoms with Crippen LogP contribution in [0.5, 0.6) is 0 Å². The van der Waals surface area contributed by atoms with Gasteiger partial charge in [0.15, 0.2) is 0 Å². The molecule has 2 N–H and O–H groups in total. The molecule has 0 bridgehead atoms. The third kappa shape index (κ3) is 1.93. The van der Waals surface area contributed by atoms with Gasteiger partial charge >= 0.3 is 0 Å². The first kappa shape index (κ1) is 12.4. The van der Waals surface area contributed by atoms with E-state index < -0.39 is 0 Å². The van der Waals surface area contributed by atoms with Gasteiger partial charge in [-0.3, -0.25) is 0 Å². The molecule has 0 spiro atoms. The molecule has 1 aliphatic rings. The van der Waals surface area contributed by atoms with E-state index >= 15 is 0 Å². The Labute approximate surface area is 103 Å². The average Bonchev–Trinajstić information content (AvgIpc) is 2.71. The normalized spacial score (nSPS) is 28.4. The number of benzene rings is 1. The van der Waals surface area contributed by atoms with E-state index in [1.165, 1.54) is 18.9 Å². The van der Waals surface area contributed by atoms with Gasteiger partial charge in [-0.05, 0) is 30.9 Å². The van der Waals surface area contributed by atoms with Crippen LogP contribution in [0, 0.1) is 11.7 Å². The molecule has 1 aliphatic carbocycles. The second kappa shape index (κ2) is 4.65. The highest BCUT2D eigenvalue weighted by Crippen LogP contribution is 2.41. The van der Waals surface area contributed by atoms with Gasteiger partial charge in [0.1, 0.15) is 5.82 Å². The number of nitrogens with two attached hydrogens (primary N) is 1. The minimum absolute atomic E-state index is 0.0812. The molecule has 2 atom stereocenters. The van der Waals surface area contributed by atoms with Crippen LogP contribution in [0.15, 0.2) is 24.3 Å². The molecular weight excluding hydrogens is 215 g/mol. The summed E-state index contributed by atoms with van der Waals surface area (Å²) in [6.45, 7) is 2.80. The predicted octanol–water partition coefficient (Wildman–Crippen LogP) is 2.78. The first-order valence-corrected chi connectivity index (χ1v) is 6.30. The number of rotatable bonds is 3. The van der Waals surface area contributed by atoms with E-state index in [1.54, 1.807) is 6.07 Å². The van der Waals surface area contributed by atoms with Crippen molar-refractivity contribution in [1.29, 1.82) is 0 Å². The summed E-state index contributed by atoms with van der Waals surface area (Å²) in [5.41, 5.74) is 6.56. The Bertz CT molecular complexity index is 394. The number of hydrogen-bond donors (Lipinski definition) is 1. The van der Waals surface area contributed by atoms with E-state index in [2.05, 4.69) is 11.8 Å². The quantitative estimate of drug-likeness (QED) is 0.874. The van der Waals surface area contributed by atoms with Crippen molar-refractivity contribution >= 4 is 5.69 Å². The molecule has 2 rings (SSSR count). The van der Waals surface area contributed by atoms with Crippen LogP contribution in [0.2, 0.25) is 0 Å². The molecule has 0 amide bonds. The largest absolute Gasteiger partial charge is 0.365 e. The molecule has 3 heteroatoms. The lowest BCUT2D eigenvalue weighted by molar-refractivity contribution is 0.329. The number of para-hydroxylation sites is 1. The van der Waals surface area contributed by atoms with Crippen molar-refractivity contribution in [1.82, 2.24) is 0 Å². The Kier molecular flexibility index (Phi) is 3.38. The van der Waals surface area contributed by atoms with Gasteiger partial charge in [-0.2, -0.15) is 0 Å². The van der Waals surface area contributed by atoms with Crippen LogP contribution < -0.4 is 10.6 Å². The lowest BCUT2D eigenvalue weighted by Crippen LogP contribution is -2.54. The van der Waals surface area contributed by atoms with Crippen LogP contribution in [0.25, 0.3) is 0 Å². The van der Waals surface area contributed by atoms with Crippen molar-refractivity contribution in [3.05, 3.63) is 30.1 Å². The van der Waals surface area contributed by atoms with Crippen molar-refractivity contribution in [2.75, 3.05) is 18.5 Å². The van der Waals surface area contributed by atoms with Crippen LogP contribution in [-0.2, 0) is 0 Å². The fraction of sp³-hybridized carbons (Fsp3) is 0.571. The first-order valence-electron chi connectivity index (χ1n) is 6.30. The number of halogens is 1. The molecule has 17 heavy (non-hydrogen) atoms. The molecular formula is C14H21FN2. The number of nitrogens with zero attached hydrogens (tertiary/aromatic N) is 1. The highest BCUT2D eigenvalue weighted by molar-refractivity contribution is 5.50. The smallest absolute Gasteiger partial charge is 0.146 e. The minimum atomic E-state index is -0.165. The Hall–Kier alpha value is -1.09. The Morgan fingerprint density at radius 2 is 2.18 bits per heavy atom. The zero-order chi connectivity index (χ0) is 12.5. The summed E-state index contributed by atoms with van der Waals surface area (Å²) in [5.74, 6) is 0.346. The van der Waals surface area contributed by atoms with Gasteiger partial charge in [0, 0.05) is 13.6 Å². The highest BCUT2D eigenvalue weighted by atomic mass is 19.1. The summed E-state index contributed by atoms with van der Waals surface area (Å²) in [6.07, 6.45) is 3.41. The SMILES string of the molecule is CC1CCCC1(CN)N(C)c1ccccc1F. The Morgan fingerprint density at radius 3 is 2.71 bits per heavy atom. The number of anilines is 1. The molecule has 1 fully saturated rings. The minimum Gasteiger partial charge on any atom is -0.365 e. The molecule has 0 radical (unpaired) electrons. The van der Waals surface area contributed by atoms with E-state index in [1.807, 2.05) is 19.2 Å². The maximum Gasteiger partial charge on any atom is 0.146 e. The van der Waals surface area contributed by atoms with Gasteiger partial charge in [0.05, 0.1) is 11.2 Å². The van der Waals surface area contributed by atoms with Gasteiger partial charge in [0.25, 0.3) is 0 Å². The molecule has 0 aromatic heterocycles. The second-order valence-corrected chi connectivity index (χ2v) is 5.11. The molecule has 1 aromatic carbocycles. The lowest BCUT2D eigenvalue weighted by atomic mass is 9.86. The maximum atomic E-state index is 13.8. The molecule has 0 saturated heterocycles. The summed E-state index contributed by atoms with van der Waals surface area (Å²) in [4.78, 5) is 2.06. The highest BCUT2D eigenvalue weighted by Gasteiger charge is 2.43. The van der Waals surface area contributed by atoms with Crippen LogP contribution in [0.4, 0.5) is 10.1 Å². The fourth-order valence-electron chi connectivity index (χ4n) is 3.13. The average molecular weight is 236 g/mol. The van der Waals surface area contributed by atoms with Gasteiger partial charge in [-0.1, -0.05) is 25.5 Å². The second-order valence-electron chi connectivity index (χ2n) is 5.11. The van der Waals surface area contributed by atoms with E-state index in [0.29, 0.717) is 18.2 Å². The molecule has 94 valence electrons. The number of hydrogen-bond acceptors (Lipinski definition) is 2. The Morgan fingerprint density at radius 1 is 1.47 bits per heavy atom. The third-order valence-corrected chi connectivity index (χ3v) is 4.40. The summed E-state index contributed by atoms with van der Waals surface area (Å²) in [7, 11) is 1.97. The van der Waals surface area contributed by atoms with Crippen LogP contribution in [-0.4, -0.2) is 19.1 Å². The van der Waals surface area contributed by atoms with Crippen molar-refractivity contribution in [3.8, 4) is 0 Å². The fourth-order valence-corrected chi connectivity index (χ4v) is 3.13. The molecule has 0 heterocycles. The van der Waals surface area contributed by atoms with E-state index in [4.69, 9.17) is 5.73 Å². The van der Waals surface area contributed by atoms with Gasteiger partial charge < -0.3 is 10.6 Å². The maximum absolute atomic E-state index is 13.8. The topological polar surface area (TPSA) is 29.3 Å². The standard InChI is InChI=1S/C14H21FN2/c1-11-6-5-9-14(11,10-16)17(2)13-8-4-3-7-12(13)15/h3-4,7-8,11H,5-6,9-10,16H2,1-2H3. The zero-order valence-corrected chi connectivity index (χ0v) is 10.6. The third-order valence-electron chi connectivity index (χ3n) is 4.40. The molecule has 1 aromatic rings. The molecule has 0 aliphatic heterocycles. The van der Waals surface area contributed by atoms with Gasteiger partial charge in [0.2, 0.25) is 0 Å². The summed E-state index contributed by atoms with van der Waals surface area (Å²) < 4.78 is 13.8. The van der Waals surface area contributed by atoms with Crippen molar-refractivity contribution in [2.24, 2.45) is 11.7 Å². The summed E-state index contributed by atoms with van der Waals surface area (Å²) >= 11 is 0. The van der Waals surface area contributed by atoms with E-state index in [0.717, 1.165) is 6.42 Å². The van der Waals surface area contributed by atoms with Crippen LogP contribution in [0.1, 0.15) is 26.2 Å². The first-order chi connectivity index (χ1) is 8.12. The van der Waals surface area contributed by atoms with Crippen molar-refractivity contribution < 1.29 is 4.39 Å². The molecule has 2 unspecified atom stereocenters. The molecule has 1 saturated carbocycles. The summed E-state index contributed by atoms with van der Waals surface area (Å²) in [6, 6.07) is 6.94. The van der Waals surface area contributed by atoms with Gasteiger partial charge in [-0.15, -0.1) is 0 Å². The van der Waals surface area contributed by atoms with Crippen molar-refractivity contribution in [2.45, 2.75) is 31.7 Å². The van der Waals surface area contributed by atoms with Gasteiger partial charge in [-0.25, -0.2) is 4.39 Å². The lowest BCUT2D eigenvalue weighted by Gasteiger charge is -2.43. The van der Waals surface area contributed by atoms with E-state index in [9.17, 15) is 4.39 Å². The van der Waals surface area contributed by atoms with Crippen molar-refractivity contribution in [3.63, 3.8) is 0 Å². The predicted molar refractivity (Wildman–Crippen MR) is 69.6 cm³/mol.